The highest BCUT2D eigenvalue weighted by Crippen LogP contribution is 2.33. The van der Waals surface area contributed by atoms with Crippen molar-refractivity contribution < 1.29 is 19.2 Å². The summed E-state index contributed by atoms with van der Waals surface area (Å²) < 4.78 is 10.4. The standard InChI is InChI=1S/C14H17NO5/c1-19-12-8-7-11(15(17)18)9-13(12)20-14(16)10-5-3-2-4-6-10/h7-10H,2-6H2,1H3. The Labute approximate surface area is 116 Å². The van der Waals surface area contributed by atoms with Gasteiger partial charge in [-0.2, -0.15) is 0 Å². The van der Waals surface area contributed by atoms with Crippen LogP contribution in [0.1, 0.15) is 32.1 Å². The summed E-state index contributed by atoms with van der Waals surface area (Å²) in [5, 5.41) is 10.8. The molecule has 1 aromatic rings. The first kappa shape index (κ1) is 14.3. The van der Waals surface area contributed by atoms with Crippen LogP contribution in [-0.4, -0.2) is 18.0 Å². The van der Waals surface area contributed by atoms with Crippen molar-refractivity contribution in [2.75, 3.05) is 7.11 Å². The second-order valence-electron chi connectivity index (χ2n) is 4.85. The van der Waals surface area contributed by atoms with Crippen LogP contribution in [0, 0.1) is 16.0 Å². The molecule has 0 N–H and O–H groups in total. The Bertz CT molecular complexity index is 508. The van der Waals surface area contributed by atoms with E-state index in [-0.39, 0.29) is 23.3 Å². The third-order valence-corrected chi connectivity index (χ3v) is 3.51. The molecule has 0 spiro atoms. The number of benzene rings is 1. The Hall–Kier alpha value is -2.11. The van der Waals surface area contributed by atoms with Gasteiger partial charge in [-0.1, -0.05) is 19.3 Å². The smallest absolute Gasteiger partial charge is 0.314 e. The summed E-state index contributed by atoms with van der Waals surface area (Å²) in [5.41, 5.74) is -0.128. The lowest BCUT2D eigenvalue weighted by atomic mass is 9.89. The van der Waals surface area contributed by atoms with Crippen molar-refractivity contribution >= 4 is 11.7 Å². The van der Waals surface area contributed by atoms with Crippen LogP contribution in [0.4, 0.5) is 5.69 Å². The summed E-state index contributed by atoms with van der Waals surface area (Å²) in [7, 11) is 1.43. The molecule has 6 heteroatoms. The summed E-state index contributed by atoms with van der Waals surface area (Å²) in [5.74, 6) is -0.0201. The monoisotopic (exact) mass is 279 g/mol. The van der Waals surface area contributed by atoms with Crippen LogP contribution in [0.15, 0.2) is 18.2 Å². The number of esters is 1. The molecular weight excluding hydrogens is 262 g/mol. The van der Waals surface area contributed by atoms with Gasteiger partial charge in [0.2, 0.25) is 0 Å². The number of non-ortho nitro benzene ring substituents is 1. The fourth-order valence-corrected chi connectivity index (χ4v) is 2.39. The van der Waals surface area contributed by atoms with Crippen molar-refractivity contribution in [2.45, 2.75) is 32.1 Å². The van der Waals surface area contributed by atoms with Crippen LogP contribution in [-0.2, 0) is 4.79 Å². The fraction of sp³-hybridized carbons (Fsp3) is 0.500. The number of hydrogen-bond donors (Lipinski definition) is 0. The first-order valence-electron chi connectivity index (χ1n) is 6.66. The summed E-state index contributed by atoms with van der Waals surface area (Å²) in [6, 6.07) is 3.97. The molecule has 2 rings (SSSR count). The number of nitro groups is 1. The van der Waals surface area contributed by atoms with Crippen LogP contribution in [0.5, 0.6) is 11.5 Å². The van der Waals surface area contributed by atoms with Gasteiger partial charge in [-0.15, -0.1) is 0 Å². The minimum Gasteiger partial charge on any atom is -0.493 e. The number of carbonyl (C=O) groups excluding carboxylic acids is 1. The first-order valence-corrected chi connectivity index (χ1v) is 6.66. The Morgan fingerprint density at radius 3 is 2.55 bits per heavy atom. The van der Waals surface area contributed by atoms with Crippen molar-refractivity contribution in [2.24, 2.45) is 5.92 Å². The summed E-state index contributed by atoms with van der Waals surface area (Å²) >= 11 is 0. The van der Waals surface area contributed by atoms with Crippen LogP contribution in [0.3, 0.4) is 0 Å². The van der Waals surface area contributed by atoms with Crippen molar-refractivity contribution in [3.63, 3.8) is 0 Å². The van der Waals surface area contributed by atoms with Crippen LogP contribution < -0.4 is 9.47 Å². The van der Waals surface area contributed by atoms with Gasteiger partial charge in [-0.05, 0) is 18.9 Å². The molecule has 0 aliphatic heterocycles. The Morgan fingerprint density at radius 1 is 1.25 bits per heavy atom. The number of rotatable bonds is 4. The maximum atomic E-state index is 12.1. The largest absolute Gasteiger partial charge is 0.493 e. The molecular formula is C14H17NO5. The normalized spacial score (nSPS) is 15.7. The van der Waals surface area contributed by atoms with Gasteiger partial charge in [0.1, 0.15) is 0 Å². The van der Waals surface area contributed by atoms with E-state index < -0.39 is 4.92 Å². The maximum Gasteiger partial charge on any atom is 0.314 e. The van der Waals surface area contributed by atoms with Crippen LogP contribution in [0.2, 0.25) is 0 Å². The molecule has 0 saturated heterocycles. The van der Waals surface area contributed by atoms with E-state index in [4.69, 9.17) is 9.47 Å². The minimum atomic E-state index is -0.530. The molecule has 6 nitrogen and oxygen atoms in total. The van der Waals surface area contributed by atoms with Crippen molar-refractivity contribution in [1.82, 2.24) is 0 Å². The molecule has 1 aromatic carbocycles. The number of methoxy groups -OCH3 is 1. The molecule has 0 amide bonds. The third kappa shape index (κ3) is 3.26. The highest BCUT2D eigenvalue weighted by molar-refractivity contribution is 5.76. The number of nitrogens with zero attached hydrogens (tertiary/aromatic N) is 1. The molecule has 0 heterocycles. The van der Waals surface area contributed by atoms with Gasteiger partial charge < -0.3 is 9.47 Å². The van der Waals surface area contributed by atoms with Gasteiger partial charge in [0.05, 0.1) is 24.0 Å². The Morgan fingerprint density at radius 2 is 1.95 bits per heavy atom. The predicted molar refractivity (Wildman–Crippen MR) is 71.9 cm³/mol. The van der Waals surface area contributed by atoms with Gasteiger partial charge in [-0.3, -0.25) is 14.9 Å². The first-order chi connectivity index (χ1) is 9.61. The SMILES string of the molecule is COc1ccc([N+](=O)[O-])cc1OC(=O)C1CCCCC1. The number of nitro benzene ring substituents is 1. The molecule has 0 radical (unpaired) electrons. The number of hydrogen-bond acceptors (Lipinski definition) is 5. The van der Waals surface area contributed by atoms with Crippen molar-refractivity contribution in [3.05, 3.63) is 28.3 Å². The third-order valence-electron chi connectivity index (χ3n) is 3.51. The molecule has 1 fully saturated rings. The molecule has 0 aromatic heterocycles. The average Bonchev–Trinajstić information content (AvgIpc) is 2.48. The average molecular weight is 279 g/mol. The summed E-state index contributed by atoms with van der Waals surface area (Å²) in [4.78, 5) is 22.3. The zero-order valence-electron chi connectivity index (χ0n) is 11.3. The van der Waals surface area contributed by atoms with Gasteiger partial charge in [-0.25, -0.2) is 0 Å². The zero-order valence-corrected chi connectivity index (χ0v) is 11.3. The van der Waals surface area contributed by atoms with Crippen molar-refractivity contribution in [1.29, 1.82) is 0 Å². The van der Waals surface area contributed by atoms with E-state index in [1.807, 2.05) is 0 Å². The van der Waals surface area contributed by atoms with E-state index in [0.29, 0.717) is 5.75 Å². The van der Waals surface area contributed by atoms with E-state index in [0.717, 1.165) is 32.1 Å². The lowest BCUT2D eigenvalue weighted by molar-refractivity contribution is -0.384. The number of ether oxygens (including phenoxy) is 2. The predicted octanol–water partition coefficient (Wildman–Crippen LogP) is 3.09. The highest BCUT2D eigenvalue weighted by Gasteiger charge is 2.24. The van der Waals surface area contributed by atoms with E-state index in [2.05, 4.69) is 0 Å². The molecule has 108 valence electrons. The van der Waals surface area contributed by atoms with Gasteiger partial charge in [0.15, 0.2) is 11.5 Å². The van der Waals surface area contributed by atoms with Gasteiger partial charge in [0, 0.05) is 6.07 Å². The molecule has 1 aliphatic rings. The van der Waals surface area contributed by atoms with Crippen LogP contribution in [0.25, 0.3) is 0 Å². The molecule has 0 unspecified atom stereocenters. The van der Waals surface area contributed by atoms with Crippen LogP contribution >= 0.6 is 0 Å². The Kier molecular flexibility index (Phi) is 4.55. The number of carbonyl (C=O) groups is 1. The minimum absolute atomic E-state index is 0.109. The van der Waals surface area contributed by atoms with E-state index in [9.17, 15) is 14.9 Å². The zero-order chi connectivity index (χ0) is 14.5. The fourth-order valence-electron chi connectivity index (χ4n) is 2.39. The van der Waals surface area contributed by atoms with Crippen molar-refractivity contribution in [3.8, 4) is 11.5 Å². The topological polar surface area (TPSA) is 78.7 Å². The molecule has 1 saturated carbocycles. The molecule has 0 bridgehead atoms. The second-order valence-corrected chi connectivity index (χ2v) is 4.85. The second kappa shape index (κ2) is 6.36. The summed E-state index contributed by atoms with van der Waals surface area (Å²) in [6.45, 7) is 0. The quantitative estimate of drug-likeness (QED) is 0.366. The van der Waals surface area contributed by atoms with E-state index in [1.54, 1.807) is 0 Å². The maximum absolute atomic E-state index is 12.1. The molecule has 1 aliphatic carbocycles. The summed E-state index contributed by atoms with van der Waals surface area (Å²) in [6.07, 6.45) is 4.81. The Balaban J connectivity index is 2.15. The molecule has 0 atom stereocenters. The van der Waals surface area contributed by atoms with Gasteiger partial charge in [0.25, 0.3) is 5.69 Å². The molecule has 20 heavy (non-hydrogen) atoms. The van der Waals surface area contributed by atoms with Gasteiger partial charge >= 0.3 is 5.97 Å². The highest BCUT2D eigenvalue weighted by atomic mass is 16.6. The lowest BCUT2D eigenvalue weighted by Gasteiger charge is -2.20. The van der Waals surface area contributed by atoms with E-state index >= 15 is 0 Å². The lowest BCUT2D eigenvalue weighted by Crippen LogP contribution is -2.23. The van der Waals surface area contributed by atoms with E-state index in [1.165, 1.54) is 25.3 Å².